The van der Waals surface area contributed by atoms with Crippen LogP contribution in [-0.2, 0) is 19.1 Å². The Bertz CT molecular complexity index is 2170. The minimum atomic E-state index is -1.55. The highest BCUT2D eigenvalue weighted by Crippen LogP contribution is 2.52. The Labute approximate surface area is 345 Å². The molecule has 3 heterocycles. The summed E-state index contributed by atoms with van der Waals surface area (Å²) in [6.07, 6.45) is 2.72. The lowest BCUT2D eigenvalue weighted by Gasteiger charge is -2.35. The largest absolute Gasteiger partial charge is 0.488 e. The summed E-state index contributed by atoms with van der Waals surface area (Å²) in [7, 11) is 0. The first kappa shape index (κ1) is 41.0. The van der Waals surface area contributed by atoms with Crippen LogP contribution in [0.5, 0.6) is 11.5 Å². The van der Waals surface area contributed by atoms with E-state index >= 15 is 0 Å². The minimum Gasteiger partial charge on any atom is -0.488 e. The van der Waals surface area contributed by atoms with Crippen LogP contribution >= 0.6 is 22.9 Å². The van der Waals surface area contributed by atoms with Crippen LogP contribution in [-0.4, -0.2) is 92.9 Å². The van der Waals surface area contributed by atoms with Crippen molar-refractivity contribution >= 4 is 62.8 Å². The van der Waals surface area contributed by atoms with Gasteiger partial charge in [0, 0.05) is 35.2 Å². The molecule has 1 aromatic carbocycles. The number of aliphatic carboxylic acids is 1. The number of carboxylic acid groups (broad SMARTS) is 1. The normalized spacial score (nSPS) is 26.3. The molecule has 58 heavy (non-hydrogen) atoms. The van der Waals surface area contributed by atoms with E-state index in [1.54, 1.807) is 18.2 Å². The van der Waals surface area contributed by atoms with Crippen molar-refractivity contribution in [1.29, 1.82) is 5.26 Å². The number of anilines is 1. The molecule has 17 heteroatoms. The Balaban J connectivity index is 1.21. The summed E-state index contributed by atoms with van der Waals surface area (Å²) in [5.74, 6) is -1.14. The van der Waals surface area contributed by atoms with Crippen molar-refractivity contribution in [3.63, 3.8) is 0 Å². The van der Waals surface area contributed by atoms with Gasteiger partial charge in [-0.25, -0.2) is 19.6 Å². The fraction of sp³-hybridized carbons (Fsp3) is 0.537. The predicted octanol–water partition coefficient (Wildman–Crippen LogP) is 6.17. The first-order valence-corrected chi connectivity index (χ1v) is 20.7. The van der Waals surface area contributed by atoms with Crippen molar-refractivity contribution in [3.05, 3.63) is 41.3 Å². The molecule has 3 saturated carbocycles. The van der Waals surface area contributed by atoms with Gasteiger partial charge in [-0.05, 0) is 68.9 Å². The molecule has 4 aliphatic rings. The van der Waals surface area contributed by atoms with Crippen molar-refractivity contribution < 1.29 is 38.5 Å². The molecule has 4 N–H and O–H groups in total. The van der Waals surface area contributed by atoms with Crippen LogP contribution in [0.3, 0.4) is 0 Å². The molecular weight excluding hydrogens is 786 g/mol. The SMILES string of the molecule is C=C[C@@H]1C[C@@]1(NC(=O)[C@@H]1C[C@H](Oc2cc(-c3csc(NC(C)C)n3)nc3c(Cl)c(OCC#N)ccc23)CN1C(=O)[C@@H](NC(=O)O[C@@H]1C[C@@H]2C[C@@H]2C1)C(C)(C)C)C(=O)O. The number of pyridine rings is 1. The molecule has 7 rings (SSSR count). The van der Waals surface area contributed by atoms with Gasteiger partial charge in [-0.15, -0.1) is 17.9 Å². The van der Waals surface area contributed by atoms with Gasteiger partial charge >= 0.3 is 12.1 Å². The molecule has 308 valence electrons. The highest BCUT2D eigenvalue weighted by Gasteiger charge is 2.61. The predicted molar refractivity (Wildman–Crippen MR) is 217 cm³/mol. The molecule has 3 aromatic rings. The number of nitriles is 1. The molecule has 0 unspecified atom stereocenters. The zero-order valence-electron chi connectivity index (χ0n) is 33.0. The van der Waals surface area contributed by atoms with Gasteiger partial charge in [-0.3, -0.25) is 9.59 Å². The van der Waals surface area contributed by atoms with Gasteiger partial charge in [-0.1, -0.05) is 38.4 Å². The number of alkyl carbamates (subject to hydrolysis) is 1. The molecule has 3 aliphatic carbocycles. The summed E-state index contributed by atoms with van der Waals surface area (Å²) in [6.45, 7) is 12.8. The average Bonchev–Trinajstić information content (AvgIpc) is 3.83. The second kappa shape index (κ2) is 15.9. The van der Waals surface area contributed by atoms with E-state index in [0.29, 0.717) is 45.0 Å². The quantitative estimate of drug-likeness (QED) is 0.135. The number of hydrogen-bond acceptors (Lipinski definition) is 12. The molecule has 0 radical (unpaired) electrons. The van der Waals surface area contributed by atoms with E-state index in [1.165, 1.54) is 22.3 Å². The number of carbonyl (C=O) groups excluding carboxylic acids is 3. The Morgan fingerprint density at radius 3 is 2.50 bits per heavy atom. The highest BCUT2D eigenvalue weighted by molar-refractivity contribution is 7.14. The van der Waals surface area contributed by atoms with Crippen LogP contribution in [0.15, 0.2) is 36.2 Å². The van der Waals surface area contributed by atoms with Gasteiger partial charge in [0.25, 0.3) is 0 Å². The maximum Gasteiger partial charge on any atom is 0.408 e. The number of carbonyl (C=O) groups is 4. The van der Waals surface area contributed by atoms with Crippen LogP contribution in [0.1, 0.15) is 66.7 Å². The number of fused-ring (bicyclic) bond motifs is 2. The molecule has 0 spiro atoms. The third kappa shape index (κ3) is 8.38. The van der Waals surface area contributed by atoms with Gasteiger partial charge < -0.3 is 40.2 Å². The van der Waals surface area contributed by atoms with Crippen molar-refractivity contribution in [2.75, 3.05) is 18.5 Å². The zero-order chi connectivity index (χ0) is 41.7. The number of halogens is 1. The van der Waals surface area contributed by atoms with E-state index in [-0.39, 0.29) is 48.9 Å². The van der Waals surface area contributed by atoms with Crippen LogP contribution in [0.25, 0.3) is 22.3 Å². The monoisotopic (exact) mass is 833 g/mol. The number of nitrogens with zero attached hydrogens (tertiary/aromatic N) is 4. The summed E-state index contributed by atoms with van der Waals surface area (Å²) in [6, 6.07) is 4.84. The van der Waals surface area contributed by atoms with E-state index in [9.17, 15) is 24.3 Å². The smallest absolute Gasteiger partial charge is 0.408 e. The third-order valence-electron chi connectivity index (χ3n) is 11.3. The molecular formula is C41H48ClN7O8S. The van der Waals surface area contributed by atoms with Crippen LogP contribution in [0.2, 0.25) is 5.02 Å². The number of carboxylic acids is 1. The molecule has 1 aliphatic heterocycles. The standard InChI is InChI=1S/C41H48ClN7O8S/c1-7-23-17-41(23,37(52)53)48-35(50)29-15-25(18-49(29)36(51)34(40(4,5)6)47-39(54)57-24-13-21-12-22(21)14-24)56-31-16-27(28-19-58-38(46-28)44-20(2)3)45-33-26(31)8-9-30(32(33)42)55-11-10-43/h7-9,16,19-25,29,34H,1,11-15,17-18H2,2-6H3,(H,44,46)(H,47,54)(H,48,50)(H,52,53)/t21-,22+,23-,24+,25+,29+,34-,41+/m1/s1. The van der Waals surface area contributed by atoms with Gasteiger partial charge in [-0.2, -0.15) is 5.26 Å². The maximum atomic E-state index is 14.7. The van der Waals surface area contributed by atoms with Crippen molar-refractivity contribution in [1.82, 2.24) is 25.5 Å². The lowest BCUT2D eigenvalue weighted by Crippen LogP contribution is -2.59. The number of amides is 3. The maximum absolute atomic E-state index is 14.7. The summed E-state index contributed by atoms with van der Waals surface area (Å²) in [5.41, 5.74) is -1.07. The Hall–Kier alpha value is -5.14. The molecule has 4 fully saturated rings. The number of thiazole rings is 1. The average molecular weight is 834 g/mol. The minimum absolute atomic E-state index is 0.00636. The number of likely N-dealkylation sites (tertiary alicyclic amines) is 1. The Morgan fingerprint density at radius 1 is 1.12 bits per heavy atom. The number of aromatic nitrogens is 2. The summed E-state index contributed by atoms with van der Waals surface area (Å²) >= 11 is 8.24. The zero-order valence-corrected chi connectivity index (χ0v) is 34.6. The number of benzene rings is 1. The number of rotatable bonds is 14. The second-order valence-corrected chi connectivity index (χ2v) is 18.3. The molecule has 8 atom stereocenters. The number of hydrogen-bond donors (Lipinski definition) is 4. The topological polar surface area (TPSA) is 205 Å². The summed E-state index contributed by atoms with van der Waals surface area (Å²) < 4.78 is 18.0. The lowest BCUT2D eigenvalue weighted by molar-refractivity contribution is -0.146. The second-order valence-electron chi connectivity index (χ2n) is 17.1. The lowest BCUT2D eigenvalue weighted by atomic mass is 9.85. The van der Waals surface area contributed by atoms with Crippen molar-refractivity contribution in [2.24, 2.45) is 23.2 Å². The van der Waals surface area contributed by atoms with E-state index in [1.807, 2.05) is 46.1 Å². The molecule has 0 bridgehead atoms. The first-order valence-electron chi connectivity index (χ1n) is 19.5. The highest BCUT2D eigenvalue weighted by atomic mass is 35.5. The van der Waals surface area contributed by atoms with Crippen LogP contribution in [0, 0.1) is 34.5 Å². The van der Waals surface area contributed by atoms with Gasteiger partial charge in [0.05, 0.1) is 17.8 Å². The summed E-state index contributed by atoms with van der Waals surface area (Å²) in [4.78, 5) is 65.4. The number of nitrogens with one attached hydrogen (secondary N) is 3. The molecule has 1 saturated heterocycles. The van der Waals surface area contributed by atoms with E-state index in [2.05, 4.69) is 22.5 Å². The van der Waals surface area contributed by atoms with Gasteiger partial charge in [0.2, 0.25) is 11.8 Å². The van der Waals surface area contributed by atoms with Crippen LogP contribution in [0.4, 0.5) is 9.93 Å². The van der Waals surface area contributed by atoms with Crippen LogP contribution < -0.4 is 25.4 Å². The van der Waals surface area contributed by atoms with E-state index in [4.69, 9.17) is 41.0 Å². The number of ether oxygens (including phenoxy) is 3. The molecule has 15 nitrogen and oxygen atoms in total. The Morgan fingerprint density at radius 2 is 1.86 bits per heavy atom. The first-order chi connectivity index (χ1) is 27.5. The fourth-order valence-electron chi connectivity index (χ4n) is 8.11. The summed E-state index contributed by atoms with van der Waals surface area (Å²) in [5, 5.41) is 31.2. The Kier molecular flexibility index (Phi) is 11.2. The third-order valence-corrected chi connectivity index (χ3v) is 12.5. The molecule has 3 amide bonds. The van der Waals surface area contributed by atoms with Crippen molar-refractivity contribution in [2.45, 2.75) is 103 Å². The molecule has 2 aromatic heterocycles. The fourth-order valence-corrected chi connectivity index (χ4v) is 9.22. The van der Waals surface area contributed by atoms with E-state index in [0.717, 1.165) is 19.3 Å². The van der Waals surface area contributed by atoms with Crippen molar-refractivity contribution in [3.8, 4) is 29.0 Å². The van der Waals surface area contributed by atoms with E-state index < -0.39 is 58.9 Å². The van der Waals surface area contributed by atoms with Gasteiger partial charge in [0.1, 0.15) is 58.1 Å². The van der Waals surface area contributed by atoms with Gasteiger partial charge in [0.15, 0.2) is 11.7 Å².